The van der Waals surface area contributed by atoms with Crippen molar-refractivity contribution in [1.29, 1.82) is 5.26 Å². The molecule has 0 bridgehead atoms. The second kappa shape index (κ2) is 5.30. The summed E-state index contributed by atoms with van der Waals surface area (Å²) in [6.07, 6.45) is 1.71. The monoisotopic (exact) mass is 324 g/mol. The van der Waals surface area contributed by atoms with Gasteiger partial charge in [0.05, 0.1) is 6.07 Å². The first-order valence-electron chi connectivity index (χ1n) is 6.09. The highest BCUT2D eigenvalue weighted by Gasteiger charge is 2.51. The lowest BCUT2D eigenvalue weighted by Gasteiger charge is -2.19. The summed E-state index contributed by atoms with van der Waals surface area (Å²) in [6, 6.07) is 6.84. The minimum Gasteiger partial charge on any atom is -0.344 e. The minimum atomic E-state index is -0.801. The van der Waals surface area contributed by atoms with Crippen LogP contribution in [0.3, 0.4) is 0 Å². The van der Waals surface area contributed by atoms with E-state index in [9.17, 15) is 9.18 Å². The summed E-state index contributed by atoms with van der Waals surface area (Å²) >= 11 is 3.29. The molecular weight excluding hydrogens is 311 g/mol. The standard InChI is InChI=1S/C14H14BrFN2O/c1-18(13(19)14(9-17)5-6-14)7-4-10-8-11(15)2-3-12(10)16/h2-3,8H,4-7H2,1H3. The van der Waals surface area contributed by atoms with Crippen LogP contribution in [0.4, 0.5) is 4.39 Å². The maximum absolute atomic E-state index is 13.6. The van der Waals surface area contributed by atoms with E-state index in [0.29, 0.717) is 31.4 Å². The summed E-state index contributed by atoms with van der Waals surface area (Å²) in [5, 5.41) is 8.98. The number of likely N-dealkylation sites (N-methyl/N-ethyl adjacent to an activating group) is 1. The van der Waals surface area contributed by atoms with E-state index in [-0.39, 0.29) is 11.7 Å². The van der Waals surface area contributed by atoms with E-state index in [1.165, 1.54) is 11.0 Å². The lowest BCUT2D eigenvalue weighted by Crippen LogP contribution is -2.35. The molecule has 0 aromatic heterocycles. The van der Waals surface area contributed by atoms with Crippen LogP contribution in [0.5, 0.6) is 0 Å². The molecule has 0 radical (unpaired) electrons. The Balaban J connectivity index is 1.97. The molecule has 0 saturated heterocycles. The van der Waals surface area contributed by atoms with Crippen molar-refractivity contribution >= 4 is 21.8 Å². The SMILES string of the molecule is CN(CCc1cc(Br)ccc1F)C(=O)C1(C#N)CC1. The van der Waals surface area contributed by atoms with Crippen LogP contribution in [0.15, 0.2) is 22.7 Å². The Kier molecular flexibility index (Phi) is 3.91. The quantitative estimate of drug-likeness (QED) is 0.854. The molecule has 0 unspecified atom stereocenters. The smallest absolute Gasteiger partial charge is 0.242 e. The van der Waals surface area contributed by atoms with Gasteiger partial charge in [0, 0.05) is 18.1 Å². The Labute approximate surface area is 120 Å². The number of halogens is 2. The summed E-state index contributed by atoms with van der Waals surface area (Å²) in [5.74, 6) is -0.420. The summed E-state index contributed by atoms with van der Waals surface area (Å²) < 4.78 is 14.4. The van der Waals surface area contributed by atoms with Crippen molar-refractivity contribution in [3.05, 3.63) is 34.1 Å². The molecule has 1 aliphatic carbocycles. The van der Waals surface area contributed by atoms with Gasteiger partial charge in [-0.15, -0.1) is 0 Å². The zero-order valence-electron chi connectivity index (χ0n) is 10.6. The van der Waals surface area contributed by atoms with E-state index in [2.05, 4.69) is 22.0 Å². The molecule has 1 aromatic rings. The van der Waals surface area contributed by atoms with Crippen LogP contribution in [0, 0.1) is 22.6 Å². The first-order chi connectivity index (χ1) is 8.98. The number of benzene rings is 1. The fourth-order valence-corrected chi connectivity index (χ4v) is 2.40. The van der Waals surface area contributed by atoms with E-state index in [4.69, 9.17) is 5.26 Å². The second-order valence-corrected chi connectivity index (χ2v) is 5.82. The molecular formula is C14H14BrFN2O. The molecule has 0 heterocycles. The number of amides is 1. The molecule has 19 heavy (non-hydrogen) atoms. The molecule has 2 rings (SSSR count). The van der Waals surface area contributed by atoms with Crippen LogP contribution in [0.25, 0.3) is 0 Å². The number of hydrogen-bond acceptors (Lipinski definition) is 2. The van der Waals surface area contributed by atoms with Gasteiger partial charge in [-0.2, -0.15) is 5.26 Å². The van der Waals surface area contributed by atoms with Crippen molar-refractivity contribution in [2.24, 2.45) is 5.41 Å². The Morgan fingerprint density at radius 3 is 2.84 bits per heavy atom. The largest absolute Gasteiger partial charge is 0.344 e. The van der Waals surface area contributed by atoms with Crippen LogP contribution in [0.1, 0.15) is 18.4 Å². The molecule has 0 aliphatic heterocycles. The van der Waals surface area contributed by atoms with Crippen LogP contribution < -0.4 is 0 Å². The van der Waals surface area contributed by atoms with Gasteiger partial charge in [0.2, 0.25) is 5.91 Å². The van der Waals surface area contributed by atoms with Gasteiger partial charge in [0.25, 0.3) is 0 Å². The van der Waals surface area contributed by atoms with Gasteiger partial charge in [-0.25, -0.2) is 4.39 Å². The van der Waals surface area contributed by atoms with E-state index in [1.54, 1.807) is 19.2 Å². The van der Waals surface area contributed by atoms with Crippen LogP contribution in [-0.2, 0) is 11.2 Å². The Bertz CT molecular complexity index is 549. The molecule has 1 aliphatic rings. The van der Waals surface area contributed by atoms with E-state index >= 15 is 0 Å². The van der Waals surface area contributed by atoms with Gasteiger partial charge >= 0.3 is 0 Å². The summed E-state index contributed by atoms with van der Waals surface area (Å²) in [5.41, 5.74) is -0.235. The third kappa shape index (κ3) is 2.95. The third-order valence-electron chi connectivity index (χ3n) is 3.44. The number of rotatable bonds is 4. The second-order valence-electron chi connectivity index (χ2n) is 4.91. The zero-order valence-corrected chi connectivity index (χ0v) is 12.2. The average Bonchev–Trinajstić information content (AvgIpc) is 3.19. The third-order valence-corrected chi connectivity index (χ3v) is 3.94. The van der Waals surface area contributed by atoms with Gasteiger partial charge in [-0.1, -0.05) is 15.9 Å². The first-order valence-corrected chi connectivity index (χ1v) is 6.88. The fraction of sp³-hybridized carbons (Fsp3) is 0.429. The number of carbonyl (C=O) groups excluding carboxylic acids is 1. The van der Waals surface area contributed by atoms with Crippen molar-refractivity contribution in [3.8, 4) is 6.07 Å². The van der Waals surface area contributed by atoms with Gasteiger partial charge in [-0.3, -0.25) is 4.79 Å². The average molecular weight is 325 g/mol. The summed E-state index contributed by atoms with van der Waals surface area (Å²) in [7, 11) is 1.66. The highest BCUT2D eigenvalue weighted by Crippen LogP contribution is 2.46. The van der Waals surface area contributed by atoms with Crippen molar-refractivity contribution in [1.82, 2.24) is 4.90 Å². The lowest BCUT2D eigenvalue weighted by molar-refractivity contribution is -0.133. The number of carbonyl (C=O) groups is 1. The maximum atomic E-state index is 13.6. The van der Waals surface area contributed by atoms with Crippen LogP contribution in [-0.4, -0.2) is 24.4 Å². The molecule has 1 fully saturated rings. The predicted octanol–water partition coefficient (Wildman–Crippen LogP) is 2.89. The molecule has 100 valence electrons. The van der Waals surface area contributed by atoms with Crippen molar-refractivity contribution < 1.29 is 9.18 Å². The van der Waals surface area contributed by atoms with Crippen molar-refractivity contribution in [2.75, 3.05) is 13.6 Å². The normalized spacial score (nSPS) is 15.7. The fourth-order valence-electron chi connectivity index (χ4n) is 1.99. The lowest BCUT2D eigenvalue weighted by atomic mass is 10.1. The topological polar surface area (TPSA) is 44.1 Å². The van der Waals surface area contributed by atoms with Crippen molar-refractivity contribution in [2.45, 2.75) is 19.3 Å². The van der Waals surface area contributed by atoms with E-state index in [0.717, 1.165) is 4.47 Å². The zero-order chi connectivity index (χ0) is 14.0. The highest BCUT2D eigenvalue weighted by molar-refractivity contribution is 9.10. The van der Waals surface area contributed by atoms with Crippen LogP contribution >= 0.6 is 15.9 Å². The Morgan fingerprint density at radius 2 is 2.26 bits per heavy atom. The molecule has 3 nitrogen and oxygen atoms in total. The van der Waals surface area contributed by atoms with Gasteiger partial charge in [-0.05, 0) is 43.0 Å². The van der Waals surface area contributed by atoms with E-state index < -0.39 is 5.41 Å². The predicted molar refractivity (Wildman–Crippen MR) is 72.7 cm³/mol. The minimum absolute atomic E-state index is 0.148. The summed E-state index contributed by atoms with van der Waals surface area (Å²) in [4.78, 5) is 13.6. The molecule has 5 heteroatoms. The molecule has 1 aromatic carbocycles. The number of nitriles is 1. The molecule has 0 atom stereocenters. The molecule has 1 saturated carbocycles. The van der Waals surface area contributed by atoms with E-state index in [1.807, 2.05) is 0 Å². The van der Waals surface area contributed by atoms with Gasteiger partial charge in [0.1, 0.15) is 11.2 Å². The van der Waals surface area contributed by atoms with Crippen LogP contribution in [0.2, 0.25) is 0 Å². The number of nitrogens with zero attached hydrogens (tertiary/aromatic N) is 2. The summed E-state index contributed by atoms with van der Waals surface area (Å²) in [6.45, 7) is 0.412. The highest BCUT2D eigenvalue weighted by atomic mass is 79.9. The molecule has 1 amide bonds. The number of hydrogen-bond donors (Lipinski definition) is 0. The molecule has 0 N–H and O–H groups in total. The van der Waals surface area contributed by atoms with Gasteiger partial charge in [0.15, 0.2) is 0 Å². The maximum Gasteiger partial charge on any atom is 0.242 e. The van der Waals surface area contributed by atoms with Crippen molar-refractivity contribution in [3.63, 3.8) is 0 Å². The Hall–Kier alpha value is -1.41. The molecule has 0 spiro atoms. The Morgan fingerprint density at radius 1 is 1.58 bits per heavy atom. The first kappa shape index (κ1) is 14.0. The van der Waals surface area contributed by atoms with Gasteiger partial charge < -0.3 is 4.90 Å².